The van der Waals surface area contributed by atoms with Gasteiger partial charge in [-0.15, -0.1) is 11.3 Å². The molecule has 0 saturated carbocycles. The Kier molecular flexibility index (Phi) is 4.66. The van der Waals surface area contributed by atoms with Gasteiger partial charge in [0.25, 0.3) is 0 Å². The van der Waals surface area contributed by atoms with Crippen molar-refractivity contribution in [3.05, 3.63) is 45.2 Å². The lowest BCUT2D eigenvalue weighted by atomic mass is 10.0. The van der Waals surface area contributed by atoms with Gasteiger partial charge in [0.05, 0.1) is 10.7 Å². The molecule has 2 heterocycles. The fourth-order valence-corrected chi connectivity index (χ4v) is 3.16. The minimum atomic E-state index is 0.295. The van der Waals surface area contributed by atoms with Crippen molar-refractivity contribution in [3.8, 4) is 0 Å². The van der Waals surface area contributed by atoms with Crippen LogP contribution in [0.4, 0.5) is 0 Å². The maximum Gasteiger partial charge on any atom is 0.0949 e. The van der Waals surface area contributed by atoms with Crippen molar-refractivity contribution in [1.29, 1.82) is 0 Å². The summed E-state index contributed by atoms with van der Waals surface area (Å²) in [6.45, 7) is 9.43. The minimum Gasteiger partial charge on any atom is -0.310 e. The van der Waals surface area contributed by atoms with Gasteiger partial charge >= 0.3 is 0 Å². The third kappa shape index (κ3) is 3.39. The molecule has 2 rings (SSSR count). The summed E-state index contributed by atoms with van der Waals surface area (Å²) in [6.07, 6.45) is 4.75. The molecule has 0 radical (unpaired) electrons. The molecule has 0 saturated heterocycles. The molecule has 0 fully saturated rings. The van der Waals surface area contributed by atoms with Gasteiger partial charge in [0.15, 0.2) is 0 Å². The predicted molar refractivity (Wildman–Crippen MR) is 80.7 cm³/mol. The number of pyridine rings is 1. The van der Waals surface area contributed by atoms with E-state index in [-0.39, 0.29) is 0 Å². The van der Waals surface area contributed by atoms with Gasteiger partial charge in [-0.1, -0.05) is 6.92 Å². The van der Waals surface area contributed by atoms with Crippen molar-refractivity contribution >= 4 is 11.3 Å². The van der Waals surface area contributed by atoms with Gasteiger partial charge in [-0.25, -0.2) is 4.98 Å². The molecule has 0 aliphatic rings. The lowest BCUT2D eigenvalue weighted by Gasteiger charge is -2.18. The molecule has 1 atom stereocenters. The van der Waals surface area contributed by atoms with Crippen LogP contribution in [0.5, 0.6) is 0 Å². The molecular formula is C15H21N3S. The molecule has 0 aliphatic heterocycles. The molecule has 3 nitrogen and oxygen atoms in total. The number of thiazole rings is 1. The van der Waals surface area contributed by atoms with Crippen molar-refractivity contribution in [2.45, 2.75) is 40.2 Å². The van der Waals surface area contributed by atoms with E-state index in [1.165, 1.54) is 21.0 Å². The van der Waals surface area contributed by atoms with Crippen LogP contribution in [0.1, 0.15) is 39.7 Å². The molecular weight excluding hydrogens is 254 g/mol. The second-order valence-electron chi connectivity index (χ2n) is 4.80. The van der Waals surface area contributed by atoms with E-state index in [2.05, 4.69) is 49.0 Å². The van der Waals surface area contributed by atoms with Crippen molar-refractivity contribution in [2.24, 2.45) is 0 Å². The molecule has 102 valence electrons. The highest BCUT2D eigenvalue weighted by atomic mass is 32.1. The Labute approximate surface area is 119 Å². The van der Waals surface area contributed by atoms with Gasteiger partial charge in [0.2, 0.25) is 0 Å². The number of likely N-dealkylation sites (N-methyl/N-ethyl adjacent to an activating group) is 1. The van der Waals surface area contributed by atoms with Gasteiger partial charge in [-0.2, -0.15) is 0 Å². The van der Waals surface area contributed by atoms with Crippen molar-refractivity contribution in [3.63, 3.8) is 0 Å². The Hall–Kier alpha value is -1.26. The quantitative estimate of drug-likeness (QED) is 0.909. The number of aryl methyl sites for hydroxylation is 3. The Morgan fingerprint density at radius 2 is 2.11 bits per heavy atom. The number of hydrogen-bond acceptors (Lipinski definition) is 4. The van der Waals surface area contributed by atoms with E-state index in [1.54, 1.807) is 11.3 Å². The largest absolute Gasteiger partial charge is 0.310 e. The first kappa shape index (κ1) is 14.2. The Bertz CT molecular complexity index is 529. The molecule has 4 heteroatoms. The third-order valence-corrected chi connectivity index (χ3v) is 4.45. The van der Waals surface area contributed by atoms with E-state index in [0.717, 1.165) is 18.7 Å². The summed E-state index contributed by atoms with van der Waals surface area (Å²) in [7, 11) is 0. The lowest BCUT2D eigenvalue weighted by molar-refractivity contribution is 0.544. The molecule has 0 amide bonds. The average molecular weight is 275 g/mol. The van der Waals surface area contributed by atoms with E-state index in [1.807, 2.05) is 12.4 Å². The summed E-state index contributed by atoms with van der Waals surface area (Å²) in [4.78, 5) is 10.2. The molecule has 1 N–H and O–H groups in total. The Morgan fingerprint density at radius 1 is 1.32 bits per heavy atom. The number of nitrogens with one attached hydrogen (secondary N) is 1. The lowest BCUT2D eigenvalue weighted by Crippen LogP contribution is -2.23. The molecule has 19 heavy (non-hydrogen) atoms. The smallest absolute Gasteiger partial charge is 0.0949 e. The van der Waals surface area contributed by atoms with Crippen LogP contribution in [0.3, 0.4) is 0 Å². The molecule has 2 aromatic heterocycles. The number of rotatable bonds is 5. The highest BCUT2D eigenvalue weighted by molar-refractivity contribution is 7.11. The summed E-state index contributed by atoms with van der Waals surface area (Å²) < 4.78 is 0. The second-order valence-corrected chi connectivity index (χ2v) is 6.08. The van der Waals surface area contributed by atoms with Crippen LogP contribution in [0.15, 0.2) is 18.5 Å². The third-order valence-electron chi connectivity index (χ3n) is 3.36. The van der Waals surface area contributed by atoms with E-state index < -0.39 is 0 Å². The first-order chi connectivity index (χ1) is 9.11. The van der Waals surface area contributed by atoms with Crippen molar-refractivity contribution in [2.75, 3.05) is 6.54 Å². The highest BCUT2D eigenvalue weighted by Gasteiger charge is 2.16. The van der Waals surface area contributed by atoms with Crippen LogP contribution >= 0.6 is 11.3 Å². The van der Waals surface area contributed by atoms with Gasteiger partial charge in [0, 0.05) is 29.7 Å². The predicted octanol–water partition coefficient (Wildman–Crippen LogP) is 3.36. The average Bonchev–Trinajstić information content (AvgIpc) is 2.68. The molecule has 1 unspecified atom stereocenters. The first-order valence-corrected chi connectivity index (χ1v) is 7.50. The molecule has 0 aromatic carbocycles. The van der Waals surface area contributed by atoms with Crippen LogP contribution in [0.25, 0.3) is 0 Å². The maximum absolute atomic E-state index is 4.65. The van der Waals surface area contributed by atoms with E-state index >= 15 is 0 Å². The number of hydrogen-bond donors (Lipinski definition) is 1. The highest BCUT2D eigenvalue weighted by Crippen LogP contribution is 2.24. The van der Waals surface area contributed by atoms with E-state index in [0.29, 0.717) is 6.04 Å². The zero-order valence-corrected chi connectivity index (χ0v) is 12.8. The molecule has 0 aliphatic carbocycles. The van der Waals surface area contributed by atoms with Crippen LogP contribution < -0.4 is 5.32 Å². The van der Waals surface area contributed by atoms with E-state index in [4.69, 9.17) is 0 Å². The zero-order chi connectivity index (χ0) is 13.8. The van der Waals surface area contributed by atoms with Crippen molar-refractivity contribution < 1.29 is 0 Å². The Morgan fingerprint density at radius 3 is 2.68 bits per heavy atom. The molecule has 2 aromatic rings. The van der Waals surface area contributed by atoms with Gasteiger partial charge in [-0.05, 0) is 44.5 Å². The van der Waals surface area contributed by atoms with Crippen molar-refractivity contribution in [1.82, 2.24) is 15.3 Å². The standard InChI is InChI=1S/C15H21N3S/c1-5-17-14(13-9-16-7-6-10(13)2)8-15-18-11(3)12(4)19-15/h6-7,9,14,17H,5,8H2,1-4H3. The van der Waals surface area contributed by atoms with Crippen LogP contribution in [0.2, 0.25) is 0 Å². The van der Waals surface area contributed by atoms with Crippen LogP contribution in [0, 0.1) is 20.8 Å². The van der Waals surface area contributed by atoms with Gasteiger partial charge in [-0.3, -0.25) is 4.98 Å². The number of aromatic nitrogens is 2. The molecule has 0 bridgehead atoms. The minimum absolute atomic E-state index is 0.295. The zero-order valence-electron chi connectivity index (χ0n) is 12.0. The fourth-order valence-electron chi connectivity index (χ4n) is 2.18. The van der Waals surface area contributed by atoms with Gasteiger partial charge < -0.3 is 5.32 Å². The second kappa shape index (κ2) is 6.26. The fraction of sp³-hybridized carbons (Fsp3) is 0.467. The molecule has 0 spiro atoms. The monoisotopic (exact) mass is 275 g/mol. The maximum atomic E-state index is 4.65. The SMILES string of the molecule is CCNC(Cc1nc(C)c(C)s1)c1cnccc1C. The summed E-state index contributed by atoms with van der Waals surface area (Å²) in [6, 6.07) is 2.36. The normalized spacial score (nSPS) is 12.6. The summed E-state index contributed by atoms with van der Waals surface area (Å²) >= 11 is 1.80. The van der Waals surface area contributed by atoms with E-state index in [9.17, 15) is 0 Å². The van der Waals surface area contributed by atoms with Gasteiger partial charge in [0.1, 0.15) is 0 Å². The summed E-state index contributed by atoms with van der Waals surface area (Å²) in [5.41, 5.74) is 3.71. The Balaban J connectivity index is 2.23. The summed E-state index contributed by atoms with van der Waals surface area (Å²) in [5.74, 6) is 0. The number of nitrogens with zero attached hydrogens (tertiary/aromatic N) is 2. The first-order valence-electron chi connectivity index (χ1n) is 6.68. The van der Waals surface area contributed by atoms with Crippen LogP contribution in [-0.2, 0) is 6.42 Å². The topological polar surface area (TPSA) is 37.8 Å². The summed E-state index contributed by atoms with van der Waals surface area (Å²) in [5, 5.41) is 4.74. The van der Waals surface area contributed by atoms with Crippen LogP contribution in [-0.4, -0.2) is 16.5 Å².